The van der Waals surface area contributed by atoms with Gasteiger partial charge in [-0.05, 0) is 19.1 Å². The molecular formula is C12H14ClN3OS. The highest BCUT2D eigenvalue weighted by atomic mass is 35.5. The number of rotatable bonds is 5. The summed E-state index contributed by atoms with van der Waals surface area (Å²) in [6, 6.07) is 7.55. The molecule has 0 aliphatic rings. The van der Waals surface area contributed by atoms with Crippen LogP contribution in [0, 0.1) is 0 Å². The summed E-state index contributed by atoms with van der Waals surface area (Å²) in [6.07, 6.45) is 0. The Morgan fingerprint density at radius 3 is 3.06 bits per heavy atom. The number of hydrogen-bond acceptors (Lipinski definition) is 5. The van der Waals surface area contributed by atoms with Crippen molar-refractivity contribution in [3.63, 3.8) is 0 Å². The molecule has 0 amide bonds. The van der Waals surface area contributed by atoms with Crippen LogP contribution in [0.5, 0.6) is 0 Å². The summed E-state index contributed by atoms with van der Waals surface area (Å²) < 4.78 is 5.17. The van der Waals surface area contributed by atoms with Crippen LogP contribution in [0.3, 0.4) is 0 Å². The van der Waals surface area contributed by atoms with E-state index in [9.17, 15) is 0 Å². The van der Waals surface area contributed by atoms with E-state index in [1.54, 1.807) is 11.8 Å². The lowest BCUT2D eigenvalue weighted by atomic mass is 10.2. The lowest BCUT2D eigenvalue weighted by Gasteiger charge is -2.00. The van der Waals surface area contributed by atoms with Crippen LogP contribution in [0.25, 0.3) is 11.4 Å². The molecule has 0 saturated heterocycles. The van der Waals surface area contributed by atoms with E-state index < -0.39 is 0 Å². The maximum Gasteiger partial charge on any atom is 0.236 e. The monoisotopic (exact) mass is 283 g/mol. The van der Waals surface area contributed by atoms with Crippen molar-refractivity contribution < 1.29 is 4.52 Å². The highest BCUT2D eigenvalue weighted by molar-refractivity contribution is 7.98. The third-order valence-electron chi connectivity index (χ3n) is 2.16. The van der Waals surface area contributed by atoms with Gasteiger partial charge < -0.3 is 10.3 Å². The van der Waals surface area contributed by atoms with Crippen molar-refractivity contribution in [1.82, 2.24) is 10.1 Å². The second-order valence-corrected chi connectivity index (χ2v) is 5.48. The fourth-order valence-electron chi connectivity index (χ4n) is 1.39. The Morgan fingerprint density at radius 1 is 1.50 bits per heavy atom. The van der Waals surface area contributed by atoms with Crippen molar-refractivity contribution in [3.8, 4) is 11.4 Å². The zero-order valence-electron chi connectivity index (χ0n) is 9.97. The minimum atomic E-state index is 0.172. The Bertz CT molecular complexity index is 516. The Kier molecular flexibility index (Phi) is 4.63. The highest BCUT2D eigenvalue weighted by Crippen LogP contribution is 2.21. The molecule has 1 heterocycles. The van der Waals surface area contributed by atoms with Crippen molar-refractivity contribution >= 4 is 23.4 Å². The molecule has 0 spiro atoms. The van der Waals surface area contributed by atoms with Crippen LogP contribution in [0.15, 0.2) is 28.8 Å². The predicted octanol–water partition coefficient (Wildman–Crippen LogP) is 2.97. The van der Waals surface area contributed by atoms with E-state index in [4.69, 9.17) is 21.9 Å². The Morgan fingerprint density at radius 2 is 2.33 bits per heavy atom. The topological polar surface area (TPSA) is 64.9 Å². The SMILES string of the molecule is CC(N)CSCc1nc(-c2cccc(Cl)c2)no1. The van der Waals surface area contributed by atoms with Crippen LogP contribution < -0.4 is 5.73 Å². The van der Waals surface area contributed by atoms with Gasteiger partial charge in [-0.15, -0.1) is 0 Å². The van der Waals surface area contributed by atoms with Gasteiger partial charge in [-0.25, -0.2) is 0 Å². The lowest BCUT2D eigenvalue weighted by molar-refractivity contribution is 0.391. The Labute approximate surface area is 115 Å². The van der Waals surface area contributed by atoms with Gasteiger partial charge in [0, 0.05) is 22.4 Å². The van der Waals surface area contributed by atoms with Crippen LogP contribution in [0.2, 0.25) is 5.02 Å². The zero-order chi connectivity index (χ0) is 13.0. The molecular weight excluding hydrogens is 270 g/mol. The van der Waals surface area contributed by atoms with Crippen molar-refractivity contribution in [3.05, 3.63) is 35.2 Å². The Balaban J connectivity index is 2.02. The van der Waals surface area contributed by atoms with Gasteiger partial charge in [-0.3, -0.25) is 0 Å². The molecule has 0 aliphatic carbocycles. The van der Waals surface area contributed by atoms with E-state index in [2.05, 4.69) is 10.1 Å². The number of thioether (sulfide) groups is 1. The van der Waals surface area contributed by atoms with E-state index in [1.807, 2.05) is 31.2 Å². The molecule has 0 saturated carbocycles. The molecule has 1 aromatic carbocycles. The first-order valence-electron chi connectivity index (χ1n) is 5.57. The van der Waals surface area contributed by atoms with Gasteiger partial charge in [0.1, 0.15) is 0 Å². The summed E-state index contributed by atoms with van der Waals surface area (Å²) in [7, 11) is 0. The van der Waals surface area contributed by atoms with E-state index >= 15 is 0 Å². The molecule has 0 bridgehead atoms. The molecule has 2 aromatic rings. The van der Waals surface area contributed by atoms with Crippen molar-refractivity contribution in [2.75, 3.05) is 5.75 Å². The van der Waals surface area contributed by atoms with Gasteiger partial charge in [0.15, 0.2) is 0 Å². The largest absolute Gasteiger partial charge is 0.338 e. The first-order chi connectivity index (χ1) is 8.65. The maximum atomic E-state index is 5.92. The quantitative estimate of drug-likeness (QED) is 0.914. The van der Waals surface area contributed by atoms with Gasteiger partial charge in [0.25, 0.3) is 0 Å². The lowest BCUT2D eigenvalue weighted by Crippen LogP contribution is -2.17. The summed E-state index contributed by atoms with van der Waals surface area (Å²) >= 11 is 7.59. The summed E-state index contributed by atoms with van der Waals surface area (Å²) in [4.78, 5) is 4.32. The van der Waals surface area contributed by atoms with E-state index in [1.165, 1.54) is 0 Å². The van der Waals surface area contributed by atoms with Gasteiger partial charge in [-0.1, -0.05) is 28.9 Å². The predicted molar refractivity (Wildman–Crippen MR) is 74.6 cm³/mol. The van der Waals surface area contributed by atoms with Gasteiger partial charge in [0.05, 0.1) is 5.75 Å². The number of benzene rings is 1. The normalized spacial score (nSPS) is 12.6. The standard InChI is InChI=1S/C12H14ClN3OS/c1-8(14)6-18-7-11-15-12(16-17-11)9-3-2-4-10(13)5-9/h2-5,8H,6-7,14H2,1H3. The zero-order valence-corrected chi connectivity index (χ0v) is 11.5. The van der Waals surface area contributed by atoms with Crippen LogP contribution in [-0.4, -0.2) is 21.9 Å². The average molecular weight is 284 g/mol. The number of halogens is 1. The number of aromatic nitrogens is 2. The van der Waals surface area contributed by atoms with Crippen LogP contribution >= 0.6 is 23.4 Å². The molecule has 1 atom stereocenters. The molecule has 6 heteroatoms. The van der Waals surface area contributed by atoms with Gasteiger partial charge in [-0.2, -0.15) is 16.7 Å². The second-order valence-electron chi connectivity index (χ2n) is 4.01. The van der Waals surface area contributed by atoms with Crippen molar-refractivity contribution in [2.24, 2.45) is 5.73 Å². The number of hydrogen-bond donors (Lipinski definition) is 1. The minimum absolute atomic E-state index is 0.172. The second kappa shape index (κ2) is 6.22. The van der Waals surface area contributed by atoms with Crippen LogP contribution in [0.1, 0.15) is 12.8 Å². The van der Waals surface area contributed by atoms with Gasteiger partial charge in [0.2, 0.25) is 11.7 Å². The van der Waals surface area contributed by atoms with Crippen LogP contribution in [0.4, 0.5) is 0 Å². The third-order valence-corrected chi connectivity index (χ3v) is 3.60. The van der Waals surface area contributed by atoms with Gasteiger partial charge >= 0.3 is 0 Å². The summed E-state index contributed by atoms with van der Waals surface area (Å²) in [5, 5.41) is 4.59. The third kappa shape index (κ3) is 3.73. The number of nitrogens with two attached hydrogens (primary N) is 1. The molecule has 0 radical (unpaired) electrons. The summed E-state index contributed by atoms with van der Waals surface area (Å²) in [5.74, 6) is 2.72. The highest BCUT2D eigenvalue weighted by Gasteiger charge is 2.09. The first-order valence-corrected chi connectivity index (χ1v) is 7.10. The fraction of sp³-hybridized carbons (Fsp3) is 0.333. The smallest absolute Gasteiger partial charge is 0.236 e. The molecule has 1 aromatic heterocycles. The maximum absolute atomic E-state index is 5.92. The van der Waals surface area contributed by atoms with Crippen molar-refractivity contribution in [2.45, 2.75) is 18.7 Å². The minimum Gasteiger partial charge on any atom is -0.338 e. The Hall–Kier alpha value is -1.04. The van der Waals surface area contributed by atoms with E-state index in [0.717, 1.165) is 11.3 Å². The van der Waals surface area contributed by atoms with E-state index in [-0.39, 0.29) is 6.04 Å². The molecule has 1 unspecified atom stereocenters. The van der Waals surface area contributed by atoms with E-state index in [0.29, 0.717) is 22.5 Å². The first kappa shape index (κ1) is 13.4. The molecule has 2 N–H and O–H groups in total. The molecule has 96 valence electrons. The summed E-state index contributed by atoms with van der Waals surface area (Å²) in [6.45, 7) is 1.97. The fourth-order valence-corrected chi connectivity index (χ4v) is 2.36. The molecule has 0 fully saturated rings. The van der Waals surface area contributed by atoms with Crippen LogP contribution in [-0.2, 0) is 5.75 Å². The summed E-state index contributed by atoms with van der Waals surface area (Å²) in [5.41, 5.74) is 6.52. The average Bonchev–Trinajstić information content (AvgIpc) is 2.77. The van der Waals surface area contributed by atoms with Crippen molar-refractivity contribution in [1.29, 1.82) is 0 Å². The molecule has 18 heavy (non-hydrogen) atoms. The molecule has 0 aliphatic heterocycles. The number of nitrogens with zero attached hydrogens (tertiary/aromatic N) is 2. The molecule has 2 rings (SSSR count). The molecule has 4 nitrogen and oxygen atoms in total.